The highest BCUT2D eigenvalue weighted by molar-refractivity contribution is 5.36. The highest BCUT2D eigenvalue weighted by atomic mass is 16.4. The van der Waals surface area contributed by atoms with Crippen molar-refractivity contribution >= 4 is 0 Å². The number of hydrogen-bond donors (Lipinski definition) is 3. The van der Waals surface area contributed by atoms with E-state index >= 15 is 0 Å². The molecular weight excluding hydrogens is 188 g/mol. The maximum atomic E-state index is 8.74. The molecule has 0 saturated carbocycles. The number of aliphatic hydroxyl groups is 1. The second-order valence-electron chi connectivity index (χ2n) is 2.57. The Hall–Kier alpha value is -1.80. The molecule has 0 amide bonds. The third kappa shape index (κ3) is 1.47. The molecule has 8 heteroatoms. The van der Waals surface area contributed by atoms with Crippen molar-refractivity contribution in [3.8, 4) is 11.7 Å². The summed E-state index contributed by atoms with van der Waals surface area (Å²) < 4.78 is 5.14. The van der Waals surface area contributed by atoms with Crippen LogP contribution >= 0.6 is 0 Å². The van der Waals surface area contributed by atoms with Gasteiger partial charge in [-0.15, -0.1) is 10.2 Å². The van der Waals surface area contributed by atoms with E-state index in [4.69, 9.17) is 15.3 Å². The van der Waals surface area contributed by atoms with E-state index < -0.39 is 6.04 Å². The number of H-pyrrole nitrogens is 1. The quantitative estimate of drug-likeness (QED) is 0.565. The van der Waals surface area contributed by atoms with Crippen LogP contribution in [-0.2, 0) is 0 Å². The van der Waals surface area contributed by atoms with Crippen molar-refractivity contribution < 1.29 is 9.52 Å². The predicted octanol–water partition coefficient (Wildman–Crippen LogP) is -1.15. The van der Waals surface area contributed by atoms with Crippen LogP contribution in [0.2, 0.25) is 0 Å². The molecule has 14 heavy (non-hydrogen) atoms. The first-order valence-corrected chi connectivity index (χ1v) is 3.87. The van der Waals surface area contributed by atoms with Gasteiger partial charge in [0, 0.05) is 0 Å². The van der Waals surface area contributed by atoms with E-state index in [1.807, 2.05) is 0 Å². The first-order chi connectivity index (χ1) is 6.81. The van der Waals surface area contributed by atoms with E-state index in [9.17, 15) is 0 Å². The summed E-state index contributed by atoms with van der Waals surface area (Å²) in [6, 6.07) is -0.667. The van der Waals surface area contributed by atoms with Crippen LogP contribution in [0.4, 0.5) is 0 Å². The number of aromatic nitrogens is 5. The van der Waals surface area contributed by atoms with Crippen molar-refractivity contribution in [2.45, 2.75) is 6.04 Å². The van der Waals surface area contributed by atoms with Gasteiger partial charge in [-0.1, -0.05) is 0 Å². The fourth-order valence-corrected chi connectivity index (χ4v) is 0.867. The number of nitrogens with two attached hydrogens (primary N) is 1. The van der Waals surface area contributed by atoms with Gasteiger partial charge >= 0.3 is 0 Å². The van der Waals surface area contributed by atoms with Gasteiger partial charge in [-0.3, -0.25) is 5.10 Å². The van der Waals surface area contributed by atoms with Gasteiger partial charge in [-0.05, 0) is 0 Å². The molecule has 74 valence electrons. The summed E-state index contributed by atoms with van der Waals surface area (Å²) in [7, 11) is 0. The largest absolute Gasteiger partial charge is 0.416 e. The van der Waals surface area contributed by atoms with Crippen LogP contribution in [0.3, 0.4) is 0 Å². The number of aromatic amines is 1. The summed E-state index contributed by atoms with van der Waals surface area (Å²) in [5, 5.41) is 22.3. The minimum atomic E-state index is -0.667. The average Bonchev–Trinajstić information content (AvgIpc) is 2.86. The molecule has 0 spiro atoms. The standard InChI is InChI=1S/C6H8N6O2/c7-3(1-13)5-11-12-6(14-5)4-8-2-9-10-4/h2-3,13H,1,7H2,(H,8,9,10). The predicted molar refractivity (Wildman–Crippen MR) is 43.7 cm³/mol. The summed E-state index contributed by atoms with van der Waals surface area (Å²) in [5.74, 6) is 0.731. The summed E-state index contributed by atoms with van der Waals surface area (Å²) in [6.45, 7) is -0.252. The Labute approximate surface area is 78.2 Å². The van der Waals surface area contributed by atoms with E-state index in [0.717, 1.165) is 0 Å². The molecule has 0 aliphatic rings. The third-order valence-electron chi connectivity index (χ3n) is 1.57. The van der Waals surface area contributed by atoms with Gasteiger partial charge in [0.15, 0.2) is 0 Å². The summed E-state index contributed by atoms with van der Waals surface area (Å²) in [4.78, 5) is 3.82. The molecule has 0 aromatic carbocycles. The number of hydrogen-bond acceptors (Lipinski definition) is 7. The van der Waals surface area contributed by atoms with Gasteiger partial charge in [-0.25, -0.2) is 4.98 Å². The van der Waals surface area contributed by atoms with Crippen LogP contribution in [0, 0.1) is 0 Å². The van der Waals surface area contributed by atoms with Crippen molar-refractivity contribution in [2.24, 2.45) is 5.73 Å². The molecule has 2 rings (SSSR count). The van der Waals surface area contributed by atoms with Crippen molar-refractivity contribution in [1.82, 2.24) is 25.4 Å². The molecule has 8 nitrogen and oxygen atoms in total. The van der Waals surface area contributed by atoms with E-state index in [1.54, 1.807) is 0 Å². The Morgan fingerprint density at radius 2 is 2.43 bits per heavy atom. The first-order valence-electron chi connectivity index (χ1n) is 3.87. The lowest BCUT2D eigenvalue weighted by Crippen LogP contribution is -2.14. The second kappa shape index (κ2) is 3.52. The molecule has 0 fully saturated rings. The van der Waals surface area contributed by atoms with Crippen LogP contribution in [0.1, 0.15) is 11.9 Å². The Kier molecular flexibility index (Phi) is 2.21. The molecule has 1 unspecified atom stereocenters. The highest BCUT2D eigenvalue weighted by Crippen LogP contribution is 2.14. The fraction of sp³-hybridized carbons (Fsp3) is 0.333. The van der Waals surface area contributed by atoms with Crippen molar-refractivity contribution in [2.75, 3.05) is 6.61 Å². The Morgan fingerprint density at radius 3 is 3.07 bits per heavy atom. The van der Waals surface area contributed by atoms with E-state index in [0.29, 0.717) is 5.82 Å². The SMILES string of the molecule is NC(CO)c1nnc(-c2ncn[nH]2)o1. The molecule has 4 N–H and O–H groups in total. The number of nitrogens with zero attached hydrogens (tertiary/aromatic N) is 4. The molecule has 2 aromatic heterocycles. The molecule has 0 bridgehead atoms. The van der Waals surface area contributed by atoms with Crippen LogP contribution in [0.5, 0.6) is 0 Å². The zero-order valence-electron chi connectivity index (χ0n) is 7.08. The van der Waals surface area contributed by atoms with Crippen LogP contribution in [0.25, 0.3) is 11.7 Å². The number of rotatable bonds is 3. The minimum absolute atomic E-state index is 0.166. The monoisotopic (exact) mass is 196 g/mol. The average molecular weight is 196 g/mol. The van der Waals surface area contributed by atoms with E-state index in [-0.39, 0.29) is 18.4 Å². The molecular formula is C6H8N6O2. The third-order valence-corrected chi connectivity index (χ3v) is 1.57. The molecule has 1 atom stereocenters. The lowest BCUT2D eigenvalue weighted by atomic mass is 10.3. The second-order valence-corrected chi connectivity index (χ2v) is 2.57. The topological polar surface area (TPSA) is 127 Å². The first kappa shape index (κ1) is 8.78. The number of aliphatic hydroxyl groups excluding tert-OH is 1. The lowest BCUT2D eigenvalue weighted by Gasteiger charge is -1.98. The maximum absolute atomic E-state index is 8.74. The van der Waals surface area contributed by atoms with Crippen LogP contribution in [0.15, 0.2) is 10.7 Å². The van der Waals surface area contributed by atoms with Gasteiger partial charge in [0.25, 0.3) is 5.89 Å². The minimum Gasteiger partial charge on any atom is -0.416 e. The smallest absolute Gasteiger partial charge is 0.285 e. The van der Waals surface area contributed by atoms with Gasteiger partial charge in [0.1, 0.15) is 12.4 Å². The Bertz CT molecular complexity index is 396. The zero-order chi connectivity index (χ0) is 9.97. The fourth-order valence-electron chi connectivity index (χ4n) is 0.867. The van der Waals surface area contributed by atoms with E-state index in [2.05, 4.69) is 25.4 Å². The molecule has 0 saturated heterocycles. The normalized spacial score (nSPS) is 13.0. The van der Waals surface area contributed by atoms with Crippen molar-refractivity contribution in [1.29, 1.82) is 0 Å². The molecule has 2 heterocycles. The lowest BCUT2D eigenvalue weighted by molar-refractivity contribution is 0.248. The Morgan fingerprint density at radius 1 is 1.57 bits per heavy atom. The maximum Gasteiger partial charge on any atom is 0.285 e. The van der Waals surface area contributed by atoms with Crippen molar-refractivity contribution in [3.63, 3.8) is 0 Å². The van der Waals surface area contributed by atoms with Crippen molar-refractivity contribution in [3.05, 3.63) is 12.2 Å². The zero-order valence-corrected chi connectivity index (χ0v) is 7.08. The van der Waals surface area contributed by atoms with Crippen LogP contribution in [-0.4, -0.2) is 37.1 Å². The van der Waals surface area contributed by atoms with Crippen LogP contribution < -0.4 is 5.73 Å². The molecule has 0 aliphatic heterocycles. The summed E-state index contributed by atoms with van der Waals surface area (Å²) >= 11 is 0. The van der Waals surface area contributed by atoms with Gasteiger partial charge in [0.05, 0.1) is 6.61 Å². The molecule has 2 aromatic rings. The van der Waals surface area contributed by atoms with Gasteiger partial charge in [-0.2, -0.15) is 5.10 Å². The summed E-state index contributed by atoms with van der Waals surface area (Å²) in [6.07, 6.45) is 1.32. The van der Waals surface area contributed by atoms with E-state index in [1.165, 1.54) is 6.33 Å². The highest BCUT2D eigenvalue weighted by Gasteiger charge is 2.15. The molecule has 0 radical (unpaired) electrons. The summed E-state index contributed by atoms with van der Waals surface area (Å²) in [5.41, 5.74) is 5.47. The van der Waals surface area contributed by atoms with Gasteiger partial charge in [0.2, 0.25) is 11.7 Å². The van der Waals surface area contributed by atoms with Gasteiger partial charge < -0.3 is 15.3 Å². The number of nitrogens with one attached hydrogen (secondary N) is 1. The Balaban J connectivity index is 2.26. The molecule has 0 aliphatic carbocycles.